The summed E-state index contributed by atoms with van der Waals surface area (Å²) in [5.74, 6) is -1.65. The maximum Gasteiger partial charge on any atom is 0.331 e. The smallest absolute Gasteiger partial charge is 0.331 e. The van der Waals surface area contributed by atoms with Gasteiger partial charge in [0.15, 0.2) is 0 Å². The van der Waals surface area contributed by atoms with E-state index >= 15 is 0 Å². The van der Waals surface area contributed by atoms with E-state index in [2.05, 4.69) is 10.1 Å². The molecule has 1 aromatic rings. The molecule has 0 spiro atoms. The van der Waals surface area contributed by atoms with Crippen LogP contribution in [0.15, 0.2) is 42.5 Å². The van der Waals surface area contributed by atoms with Crippen LogP contribution in [0, 0.1) is 5.92 Å². The Morgan fingerprint density at radius 3 is 2.26 bits per heavy atom. The van der Waals surface area contributed by atoms with Crippen molar-refractivity contribution in [3.63, 3.8) is 0 Å². The van der Waals surface area contributed by atoms with Crippen LogP contribution in [-0.4, -0.2) is 31.6 Å². The van der Waals surface area contributed by atoms with Crippen LogP contribution in [0.25, 0.3) is 0 Å². The van der Waals surface area contributed by atoms with Crippen molar-refractivity contribution in [2.45, 2.75) is 19.9 Å². The van der Waals surface area contributed by atoms with E-state index in [-0.39, 0.29) is 18.4 Å². The summed E-state index contributed by atoms with van der Waals surface area (Å²) in [7, 11) is 1.21. The molecule has 0 saturated heterocycles. The zero-order chi connectivity index (χ0) is 17.2. The highest BCUT2D eigenvalue weighted by atomic mass is 16.5. The summed E-state index contributed by atoms with van der Waals surface area (Å²) < 4.78 is 9.47. The van der Waals surface area contributed by atoms with Crippen molar-refractivity contribution in [3.8, 4) is 0 Å². The third kappa shape index (κ3) is 6.78. The van der Waals surface area contributed by atoms with Gasteiger partial charge in [-0.15, -0.1) is 0 Å². The molecule has 0 radical (unpaired) electrons. The van der Waals surface area contributed by atoms with E-state index in [1.165, 1.54) is 7.11 Å². The van der Waals surface area contributed by atoms with Crippen LogP contribution in [-0.2, 0) is 23.9 Å². The van der Waals surface area contributed by atoms with Crippen molar-refractivity contribution in [3.05, 3.63) is 48.0 Å². The molecule has 0 aliphatic heterocycles. The van der Waals surface area contributed by atoms with Crippen LogP contribution in [0.3, 0.4) is 0 Å². The molecule has 23 heavy (non-hydrogen) atoms. The van der Waals surface area contributed by atoms with Gasteiger partial charge in [-0.05, 0) is 5.56 Å². The summed E-state index contributed by atoms with van der Waals surface area (Å²) in [6.45, 7) is 3.53. The fourth-order valence-electron chi connectivity index (χ4n) is 1.66. The van der Waals surface area contributed by atoms with Crippen LogP contribution in [0.5, 0.6) is 0 Å². The maximum absolute atomic E-state index is 11.9. The fraction of sp³-hybridized carbons (Fsp3) is 0.353. The summed E-state index contributed by atoms with van der Waals surface area (Å²) in [6.07, 6.45) is 1.96. The molecular weight excluding hydrogens is 298 g/mol. The zero-order valence-corrected chi connectivity index (χ0v) is 13.4. The summed E-state index contributed by atoms with van der Waals surface area (Å²) in [6, 6.07) is 8.75. The minimum Gasteiger partial charge on any atom is -0.466 e. The maximum atomic E-state index is 11.9. The second-order valence-corrected chi connectivity index (χ2v) is 5.11. The number of ether oxygens (including phenoxy) is 2. The third-order valence-corrected chi connectivity index (χ3v) is 2.99. The molecule has 6 heteroatoms. The highest BCUT2D eigenvalue weighted by molar-refractivity contribution is 5.91. The number of nitrogens with one attached hydrogen (secondary N) is 1. The Bertz CT molecular complexity index is 566. The lowest BCUT2D eigenvalue weighted by atomic mass is 10.1. The Morgan fingerprint density at radius 2 is 1.70 bits per heavy atom. The molecule has 0 saturated carbocycles. The van der Waals surface area contributed by atoms with Crippen LogP contribution in [0.1, 0.15) is 25.5 Å². The van der Waals surface area contributed by atoms with Crippen LogP contribution in [0.2, 0.25) is 0 Å². The van der Waals surface area contributed by atoms with E-state index in [1.807, 2.05) is 30.3 Å². The SMILES string of the molecule is COC(=O)C=CC(=O)OC[C@@H](NC(=O)C(C)C)c1ccccc1. The number of rotatable bonds is 7. The Labute approximate surface area is 135 Å². The van der Waals surface area contributed by atoms with Gasteiger partial charge in [-0.1, -0.05) is 44.2 Å². The number of amides is 1. The Kier molecular flexibility index (Phi) is 7.53. The van der Waals surface area contributed by atoms with Crippen LogP contribution >= 0.6 is 0 Å². The first-order valence-corrected chi connectivity index (χ1v) is 7.22. The molecule has 0 aromatic heterocycles. The van der Waals surface area contributed by atoms with Gasteiger partial charge in [0.25, 0.3) is 0 Å². The summed E-state index contributed by atoms with van der Waals surface area (Å²) in [5.41, 5.74) is 0.825. The molecule has 0 bridgehead atoms. The summed E-state index contributed by atoms with van der Waals surface area (Å²) in [5, 5.41) is 2.83. The molecule has 1 rings (SSSR count). The Morgan fingerprint density at radius 1 is 1.09 bits per heavy atom. The third-order valence-electron chi connectivity index (χ3n) is 2.99. The first-order chi connectivity index (χ1) is 10.9. The minimum atomic E-state index is -0.685. The molecule has 0 aliphatic carbocycles. The molecule has 6 nitrogen and oxygen atoms in total. The van der Waals surface area contributed by atoms with E-state index in [0.717, 1.165) is 17.7 Å². The molecule has 0 fully saturated rings. The summed E-state index contributed by atoms with van der Waals surface area (Å²) in [4.78, 5) is 34.4. The molecule has 1 atom stereocenters. The molecule has 1 N–H and O–H groups in total. The number of hydrogen-bond donors (Lipinski definition) is 1. The summed E-state index contributed by atoms with van der Waals surface area (Å²) >= 11 is 0. The van der Waals surface area contributed by atoms with Gasteiger partial charge < -0.3 is 14.8 Å². The molecule has 0 unspecified atom stereocenters. The van der Waals surface area contributed by atoms with E-state index in [9.17, 15) is 14.4 Å². The lowest BCUT2D eigenvalue weighted by molar-refractivity contribution is -0.140. The Balaban J connectivity index is 2.70. The minimum absolute atomic E-state index is 0.0349. The van der Waals surface area contributed by atoms with E-state index in [1.54, 1.807) is 13.8 Å². The van der Waals surface area contributed by atoms with Crippen molar-refractivity contribution in [1.82, 2.24) is 5.32 Å². The predicted octanol–water partition coefficient (Wildman–Crippen LogP) is 1.77. The largest absolute Gasteiger partial charge is 0.466 e. The highest BCUT2D eigenvalue weighted by Gasteiger charge is 2.18. The van der Waals surface area contributed by atoms with Gasteiger partial charge in [-0.25, -0.2) is 9.59 Å². The lowest BCUT2D eigenvalue weighted by Gasteiger charge is -2.20. The van der Waals surface area contributed by atoms with Gasteiger partial charge >= 0.3 is 11.9 Å². The van der Waals surface area contributed by atoms with Crippen molar-refractivity contribution < 1.29 is 23.9 Å². The van der Waals surface area contributed by atoms with Gasteiger partial charge in [-0.3, -0.25) is 4.79 Å². The highest BCUT2D eigenvalue weighted by Crippen LogP contribution is 2.14. The Hall–Kier alpha value is -2.63. The lowest BCUT2D eigenvalue weighted by Crippen LogP contribution is -2.34. The first-order valence-electron chi connectivity index (χ1n) is 7.22. The topological polar surface area (TPSA) is 81.7 Å². The predicted molar refractivity (Wildman–Crippen MR) is 84.3 cm³/mol. The fourth-order valence-corrected chi connectivity index (χ4v) is 1.66. The second kappa shape index (κ2) is 9.40. The molecular formula is C17H21NO5. The number of methoxy groups -OCH3 is 1. The van der Waals surface area contributed by atoms with Crippen LogP contribution < -0.4 is 5.32 Å². The normalized spacial score (nSPS) is 12.0. The van der Waals surface area contributed by atoms with Gasteiger partial charge in [0.2, 0.25) is 5.91 Å². The van der Waals surface area contributed by atoms with Gasteiger partial charge in [-0.2, -0.15) is 0 Å². The van der Waals surface area contributed by atoms with Gasteiger partial charge in [0.1, 0.15) is 6.61 Å². The monoisotopic (exact) mass is 319 g/mol. The molecule has 0 heterocycles. The quantitative estimate of drug-likeness (QED) is 0.612. The standard InChI is InChI=1S/C17H21NO5/c1-12(2)17(21)18-14(13-7-5-4-6-8-13)11-23-16(20)10-9-15(19)22-3/h4-10,12,14H,11H2,1-3H3,(H,18,21)/t14-/m1/s1. The average molecular weight is 319 g/mol. The van der Waals surface area contributed by atoms with E-state index in [4.69, 9.17) is 4.74 Å². The molecule has 1 amide bonds. The molecule has 124 valence electrons. The van der Waals surface area contributed by atoms with Crippen LogP contribution in [0.4, 0.5) is 0 Å². The number of benzene rings is 1. The van der Waals surface area contributed by atoms with E-state index < -0.39 is 18.0 Å². The zero-order valence-electron chi connectivity index (χ0n) is 13.4. The molecule has 1 aromatic carbocycles. The van der Waals surface area contributed by atoms with Crippen molar-refractivity contribution >= 4 is 17.8 Å². The number of carbonyl (C=O) groups excluding carboxylic acids is 3. The number of hydrogen-bond acceptors (Lipinski definition) is 5. The van der Waals surface area contributed by atoms with Crippen molar-refractivity contribution in [2.75, 3.05) is 13.7 Å². The van der Waals surface area contributed by atoms with Gasteiger partial charge in [0.05, 0.1) is 13.2 Å². The van der Waals surface area contributed by atoms with Crippen molar-refractivity contribution in [1.29, 1.82) is 0 Å². The van der Waals surface area contributed by atoms with Gasteiger partial charge in [0, 0.05) is 18.1 Å². The average Bonchev–Trinajstić information content (AvgIpc) is 2.56. The number of carbonyl (C=O) groups is 3. The van der Waals surface area contributed by atoms with E-state index in [0.29, 0.717) is 0 Å². The second-order valence-electron chi connectivity index (χ2n) is 5.11. The first kappa shape index (κ1) is 18.4. The molecule has 0 aliphatic rings. The van der Waals surface area contributed by atoms with Crippen molar-refractivity contribution in [2.24, 2.45) is 5.92 Å². The number of esters is 2.